The van der Waals surface area contributed by atoms with Crippen molar-refractivity contribution in [1.29, 1.82) is 0 Å². The minimum Gasteiger partial charge on any atom is -0.340 e. The van der Waals surface area contributed by atoms with Gasteiger partial charge in [0.1, 0.15) is 11.6 Å². The van der Waals surface area contributed by atoms with Gasteiger partial charge in [-0.2, -0.15) is 0 Å². The van der Waals surface area contributed by atoms with Gasteiger partial charge in [-0.25, -0.2) is 4.39 Å². The minimum absolute atomic E-state index is 0.00254. The van der Waals surface area contributed by atoms with Crippen molar-refractivity contribution in [2.45, 2.75) is 68.4 Å². The summed E-state index contributed by atoms with van der Waals surface area (Å²) in [5.74, 6) is 0.691. The molecule has 170 valence electrons. The van der Waals surface area contributed by atoms with Crippen LogP contribution in [0.4, 0.5) is 4.39 Å². The molecule has 3 aromatic rings. The molecule has 0 N–H and O–H groups in total. The smallest absolute Gasteiger partial charge is 0.235 e. The van der Waals surface area contributed by atoms with Crippen LogP contribution in [0.5, 0.6) is 0 Å². The van der Waals surface area contributed by atoms with Crippen LogP contribution in [0.25, 0.3) is 0 Å². The first-order chi connectivity index (χ1) is 15.5. The number of hydrogen-bond donors (Lipinski definition) is 0. The quantitative estimate of drug-likeness (QED) is 0.394. The number of halogens is 1. The molecule has 1 amide bonds. The first kappa shape index (κ1) is 23.0. The molecular formula is C24H29FN4OS2. The molecule has 1 aliphatic carbocycles. The summed E-state index contributed by atoms with van der Waals surface area (Å²) in [5, 5.41) is 11.6. The fraction of sp³-hybridized carbons (Fsp3) is 0.458. The second kappa shape index (κ2) is 10.6. The fourth-order valence-electron chi connectivity index (χ4n) is 4.29. The highest BCUT2D eigenvalue weighted by atomic mass is 32.2. The van der Waals surface area contributed by atoms with Gasteiger partial charge in [-0.3, -0.25) is 4.79 Å². The first-order valence-electron chi connectivity index (χ1n) is 11.1. The predicted molar refractivity (Wildman–Crippen MR) is 127 cm³/mol. The van der Waals surface area contributed by atoms with E-state index in [0.29, 0.717) is 12.6 Å². The molecule has 5 nitrogen and oxygen atoms in total. The van der Waals surface area contributed by atoms with Crippen molar-refractivity contribution < 1.29 is 9.18 Å². The van der Waals surface area contributed by atoms with Crippen molar-refractivity contribution in [3.63, 3.8) is 0 Å². The normalized spacial score (nSPS) is 15.6. The molecule has 1 atom stereocenters. The van der Waals surface area contributed by atoms with Gasteiger partial charge < -0.3 is 9.47 Å². The number of carbonyl (C=O) groups excluding carboxylic acids is 1. The summed E-state index contributed by atoms with van der Waals surface area (Å²) < 4.78 is 15.8. The van der Waals surface area contributed by atoms with Crippen LogP contribution in [0, 0.1) is 5.82 Å². The Hall–Kier alpha value is -2.19. The van der Waals surface area contributed by atoms with E-state index in [1.807, 2.05) is 13.0 Å². The number of amides is 1. The third kappa shape index (κ3) is 5.59. The van der Waals surface area contributed by atoms with Crippen LogP contribution < -0.4 is 0 Å². The Kier molecular flexibility index (Phi) is 7.63. The fourth-order valence-corrected chi connectivity index (χ4v) is 6.04. The van der Waals surface area contributed by atoms with Crippen molar-refractivity contribution in [3.05, 3.63) is 63.9 Å². The molecule has 2 aromatic heterocycles. The number of carbonyl (C=O) groups is 1. The lowest BCUT2D eigenvalue weighted by Crippen LogP contribution is -2.33. The molecule has 1 fully saturated rings. The van der Waals surface area contributed by atoms with E-state index in [2.05, 4.69) is 32.3 Å². The van der Waals surface area contributed by atoms with Gasteiger partial charge in [0.25, 0.3) is 0 Å². The van der Waals surface area contributed by atoms with Crippen LogP contribution in [0.1, 0.15) is 61.3 Å². The molecule has 0 aliphatic heterocycles. The van der Waals surface area contributed by atoms with Crippen LogP contribution in [0.15, 0.2) is 46.9 Å². The molecular weight excluding hydrogens is 443 g/mol. The number of thiophene rings is 1. The molecule has 0 radical (unpaired) electrons. The highest BCUT2D eigenvalue weighted by molar-refractivity contribution is 8.00. The van der Waals surface area contributed by atoms with E-state index < -0.39 is 0 Å². The molecule has 32 heavy (non-hydrogen) atoms. The maximum absolute atomic E-state index is 13.5. The molecule has 0 spiro atoms. The summed E-state index contributed by atoms with van der Waals surface area (Å²) in [5.41, 5.74) is 0.779. The molecule has 2 heterocycles. The molecule has 1 saturated carbocycles. The summed E-state index contributed by atoms with van der Waals surface area (Å²) in [6, 6.07) is 11.0. The maximum Gasteiger partial charge on any atom is 0.235 e. The number of rotatable bonds is 8. The van der Waals surface area contributed by atoms with Crippen molar-refractivity contribution >= 4 is 29.0 Å². The molecule has 1 aromatic carbocycles. The Morgan fingerprint density at radius 1 is 1.25 bits per heavy atom. The summed E-state index contributed by atoms with van der Waals surface area (Å²) in [6.07, 6.45) is 6.74. The monoisotopic (exact) mass is 472 g/mol. The Morgan fingerprint density at radius 3 is 2.78 bits per heavy atom. The highest BCUT2D eigenvalue weighted by Gasteiger charge is 2.27. The zero-order valence-electron chi connectivity index (χ0n) is 18.5. The van der Waals surface area contributed by atoms with Gasteiger partial charge in [-0.15, -0.1) is 21.5 Å². The van der Waals surface area contributed by atoms with Crippen molar-refractivity contribution in [2.24, 2.45) is 0 Å². The largest absolute Gasteiger partial charge is 0.340 e. The average Bonchev–Trinajstić information content (AvgIpc) is 3.44. The van der Waals surface area contributed by atoms with E-state index in [1.54, 1.807) is 29.4 Å². The van der Waals surface area contributed by atoms with Crippen LogP contribution in [-0.4, -0.2) is 37.9 Å². The van der Waals surface area contributed by atoms with Gasteiger partial charge in [0.15, 0.2) is 5.16 Å². The Bertz CT molecular complexity index is 1030. The summed E-state index contributed by atoms with van der Waals surface area (Å²) >= 11 is 3.21. The summed E-state index contributed by atoms with van der Waals surface area (Å²) in [4.78, 5) is 16.0. The predicted octanol–water partition coefficient (Wildman–Crippen LogP) is 5.71. The Labute approximate surface area is 197 Å². The summed E-state index contributed by atoms with van der Waals surface area (Å²) in [6.45, 7) is 2.29. The number of thioether (sulfide) groups is 1. The van der Waals surface area contributed by atoms with Crippen LogP contribution in [0.3, 0.4) is 0 Å². The van der Waals surface area contributed by atoms with Gasteiger partial charge in [-0.1, -0.05) is 49.2 Å². The third-order valence-corrected chi connectivity index (χ3v) is 7.82. The lowest BCUT2D eigenvalue weighted by molar-refractivity contribution is -0.129. The molecule has 0 unspecified atom stereocenters. The van der Waals surface area contributed by atoms with Gasteiger partial charge in [0, 0.05) is 30.9 Å². The van der Waals surface area contributed by atoms with Gasteiger partial charge in [-0.05, 0) is 48.9 Å². The molecule has 1 aliphatic rings. The van der Waals surface area contributed by atoms with E-state index in [4.69, 9.17) is 0 Å². The van der Waals surface area contributed by atoms with Crippen molar-refractivity contribution in [3.8, 4) is 0 Å². The standard InChI is InChI=1S/C24H29FN4OS2/c1-17(23(30)28(2)16-18-8-6-9-19(25)14-18)32-24-27-26-22(15-21-12-7-13-31-21)29(24)20-10-4-3-5-11-20/h6-9,12-14,17,20H,3-5,10-11,15-16H2,1-2H3/t17-/m1/s1. The van der Waals surface area contributed by atoms with Crippen molar-refractivity contribution in [2.75, 3.05) is 7.05 Å². The van der Waals surface area contributed by atoms with Crippen LogP contribution >= 0.6 is 23.1 Å². The van der Waals surface area contributed by atoms with Crippen molar-refractivity contribution in [1.82, 2.24) is 19.7 Å². The van der Waals surface area contributed by atoms with Crippen LogP contribution in [-0.2, 0) is 17.8 Å². The van der Waals surface area contributed by atoms with E-state index in [9.17, 15) is 9.18 Å². The van der Waals surface area contributed by atoms with Gasteiger partial charge in [0.05, 0.1) is 5.25 Å². The third-order valence-electron chi connectivity index (χ3n) is 5.90. The lowest BCUT2D eigenvalue weighted by atomic mass is 9.95. The SMILES string of the molecule is C[C@@H](Sc1nnc(Cc2cccs2)n1C1CCCCC1)C(=O)N(C)Cc1cccc(F)c1. The molecule has 8 heteroatoms. The van der Waals surface area contributed by atoms with E-state index in [1.165, 1.54) is 48.0 Å². The number of benzene rings is 1. The number of aromatic nitrogens is 3. The Morgan fingerprint density at radius 2 is 2.06 bits per heavy atom. The first-order valence-corrected chi connectivity index (χ1v) is 12.9. The van der Waals surface area contributed by atoms with Crippen LogP contribution in [0.2, 0.25) is 0 Å². The maximum atomic E-state index is 13.5. The topological polar surface area (TPSA) is 51.0 Å². The zero-order valence-corrected chi connectivity index (χ0v) is 20.2. The number of hydrogen-bond acceptors (Lipinski definition) is 5. The Balaban J connectivity index is 1.49. The van der Waals surface area contributed by atoms with E-state index in [0.717, 1.165) is 35.8 Å². The van der Waals surface area contributed by atoms with E-state index >= 15 is 0 Å². The molecule has 0 bridgehead atoms. The summed E-state index contributed by atoms with van der Waals surface area (Å²) in [7, 11) is 1.76. The molecule has 4 rings (SSSR count). The minimum atomic E-state index is -0.310. The zero-order chi connectivity index (χ0) is 22.5. The van der Waals surface area contributed by atoms with Gasteiger partial charge in [0.2, 0.25) is 5.91 Å². The second-order valence-electron chi connectivity index (χ2n) is 8.40. The average molecular weight is 473 g/mol. The molecule has 0 saturated heterocycles. The van der Waals surface area contributed by atoms with E-state index in [-0.39, 0.29) is 17.0 Å². The lowest BCUT2D eigenvalue weighted by Gasteiger charge is -2.26. The highest BCUT2D eigenvalue weighted by Crippen LogP contribution is 2.35. The second-order valence-corrected chi connectivity index (χ2v) is 10.7. The van der Waals surface area contributed by atoms with Gasteiger partial charge >= 0.3 is 0 Å². The number of nitrogens with zero attached hydrogens (tertiary/aromatic N) is 4.